The molecule has 0 aliphatic carbocycles. The molecular formula is C11H21ClN4O2S. The van der Waals surface area contributed by atoms with Gasteiger partial charge in [0.1, 0.15) is 0 Å². The van der Waals surface area contributed by atoms with Crippen molar-refractivity contribution < 1.29 is 8.42 Å². The lowest BCUT2D eigenvalue weighted by atomic mass is 10.3. The van der Waals surface area contributed by atoms with Crippen molar-refractivity contribution in [2.45, 2.75) is 24.3 Å². The molecule has 1 aromatic rings. The van der Waals surface area contributed by atoms with Gasteiger partial charge >= 0.3 is 0 Å². The summed E-state index contributed by atoms with van der Waals surface area (Å²) >= 11 is 5.79. The largest absolute Gasteiger partial charge is 0.309 e. The van der Waals surface area contributed by atoms with Crippen LogP contribution in [0.4, 0.5) is 0 Å². The predicted octanol–water partition coefficient (Wildman–Crippen LogP) is 1.03. The van der Waals surface area contributed by atoms with Crippen LogP contribution in [-0.4, -0.2) is 62.1 Å². The lowest BCUT2D eigenvalue weighted by Gasteiger charge is -2.17. The lowest BCUT2D eigenvalue weighted by Crippen LogP contribution is -2.30. The summed E-state index contributed by atoms with van der Waals surface area (Å²) in [6.07, 6.45) is 0.766. The van der Waals surface area contributed by atoms with Gasteiger partial charge in [-0.3, -0.25) is 5.10 Å². The van der Waals surface area contributed by atoms with Crippen molar-refractivity contribution in [3.8, 4) is 0 Å². The maximum Gasteiger partial charge on any atom is 0.262 e. The number of aromatic nitrogens is 2. The molecule has 0 spiro atoms. The van der Waals surface area contributed by atoms with Crippen LogP contribution in [0, 0.1) is 6.92 Å². The fourth-order valence-electron chi connectivity index (χ4n) is 1.68. The Balaban J connectivity index is 2.85. The average molecular weight is 309 g/mol. The van der Waals surface area contributed by atoms with Crippen LogP contribution >= 0.6 is 11.6 Å². The highest BCUT2D eigenvalue weighted by atomic mass is 35.5. The zero-order chi connectivity index (χ0) is 14.6. The second-order valence-electron chi connectivity index (χ2n) is 4.75. The van der Waals surface area contributed by atoms with E-state index < -0.39 is 10.0 Å². The molecule has 0 radical (unpaired) electrons. The molecule has 0 amide bonds. The van der Waals surface area contributed by atoms with Gasteiger partial charge in [0.2, 0.25) is 0 Å². The summed E-state index contributed by atoms with van der Waals surface area (Å²) in [5.74, 6) is 0.127. The van der Waals surface area contributed by atoms with Crippen LogP contribution in [0.3, 0.4) is 0 Å². The second-order valence-corrected chi connectivity index (χ2v) is 6.98. The number of sulfonamides is 1. The first-order chi connectivity index (χ1) is 8.80. The molecule has 6 nitrogen and oxygen atoms in total. The van der Waals surface area contributed by atoms with E-state index in [1.807, 2.05) is 19.0 Å². The molecule has 8 heteroatoms. The van der Waals surface area contributed by atoms with Crippen molar-refractivity contribution in [1.82, 2.24) is 19.4 Å². The molecule has 0 atom stereocenters. The van der Waals surface area contributed by atoms with E-state index in [1.54, 1.807) is 14.0 Å². The van der Waals surface area contributed by atoms with Crippen molar-refractivity contribution in [2.75, 3.05) is 34.2 Å². The smallest absolute Gasteiger partial charge is 0.262 e. The second kappa shape index (κ2) is 6.69. The Labute approximate surface area is 119 Å². The van der Waals surface area contributed by atoms with Crippen molar-refractivity contribution in [3.63, 3.8) is 0 Å². The zero-order valence-corrected chi connectivity index (χ0v) is 13.3. The Morgan fingerprint density at radius 3 is 2.42 bits per heavy atom. The lowest BCUT2D eigenvalue weighted by molar-refractivity contribution is 0.370. The van der Waals surface area contributed by atoms with E-state index >= 15 is 0 Å². The van der Waals surface area contributed by atoms with Gasteiger partial charge in [0.25, 0.3) is 10.0 Å². The first kappa shape index (κ1) is 16.4. The molecule has 0 aliphatic rings. The molecule has 0 aromatic carbocycles. The van der Waals surface area contributed by atoms with Crippen LogP contribution in [0.2, 0.25) is 0 Å². The Morgan fingerprint density at radius 1 is 1.26 bits per heavy atom. The molecule has 1 rings (SSSR count). The summed E-state index contributed by atoms with van der Waals surface area (Å²) < 4.78 is 26.1. The standard InChI is InChI=1S/C11H21ClN4O2S/c1-9-10(8-12)11(14-13-9)19(17,18)16(4)7-5-6-15(2)3/h5-8H2,1-4H3,(H,13,14). The minimum Gasteiger partial charge on any atom is -0.309 e. The van der Waals surface area contributed by atoms with Crippen LogP contribution in [0.15, 0.2) is 5.03 Å². The van der Waals surface area contributed by atoms with Gasteiger partial charge in [-0.05, 0) is 34.0 Å². The van der Waals surface area contributed by atoms with E-state index in [0.717, 1.165) is 13.0 Å². The van der Waals surface area contributed by atoms with Gasteiger partial charge in [-0.2, -0.15) is 9.40 Å². The number of aromatic amines is 1. The fraction of sp³-hybridized carbons (Fsp3) is 0.727. The summed E-state index contributed by atoms with van der Waals surface area (Å²) in [7, 11) is 1.90. The zero-order valence-electron chi connectivity index (χ0n) is 11.8. The van der Waals surface area contributed by atoms with E-state index in [1.165, 1.54) is 4.31 Å². The Kier molecular flexibility index (Phi) is 5.79. The quantitative estimate of drug-likeness (QED) is 0.764. The molecular weight excluding hydrogens is 288 g/mol. The first-order valence-corrected chi connectivity index (χ1v) is 7.99. The first-order valence-electron chi connectivity index (χ1n) is 6.01. The maximum absolute atomic E-state index is 12.4. The number of hydrogen-bond acceptors (Lipinski definition) is 4. The molecule has 19 heavy (non-hydrogen) atoms. The molecule has 0 bridgehead atoms. The summed E-state index contributed by atoms with van der Waals surface area (Å²) in [4.78, 5) is 2.02. The van der Waals surface area contributed by atoms with E-state index in [2.05, 4.69) is 10.2 Å². The van der Waals surface area contributed by atoms with E-state index in [4.69, 9.17) is 11.6 Å². The fourth-order valence-corrected chi connectivity index (χ4v) is 3.45. The number of nitrogens with zero attached hydrogens (tertiary/aromatic N) is 3. The Hall–Kier alpha value is -0.630. The summed E-state index contributed by atoms with van der Waals surface area (Å²) in [6.45, 7) is 3.05. The minimum absolute atomic E-state index is 0.0346. The third-order valence-electron chi connectivity index (χ3n) is 2.90. The van der Waals surface area contributed by atoms with E-state index in [0.29, 0.717) is 17.8 Å². The SMILES string of the molecule is Cc1[nH]nc(S(=O)(=O)N(C)CCCN(C)C)c1CCl. The predicted molar refractivity (Wildman–Crippen MR) is 75.9 cm³/mol. The topological polar surface area (TPSA) is 69.3 Å². The van der Waals surface area contributed by atoms with Crippen LogP contribution in [0.1, 0.15) is 17.7 Å². The Morgan fingerprint density at radius 2 is 1.89 bits per heavy atom. The Bertz CT molecular complexity index is 513. The van der Waals surface area contributed by atoms with Gasteiger partial charge in [-0.1, -0.05) is 0 Å². The number of H-pyrrole nitrogens is 1. The van der Waals surface area contributed by atoms with Crippen molar-refractivity contribution in [2.24, 2.45) is 0 Å². The van der Waals surface area contributed by atoms with Crippen molar-refractivity contribution in [3.05, 3.63) is 11.3 Å². The van der Waals surface area contributed by atoms with Crippen molar-refractivity contribution >= 4 is 21.6 Å². The highest BCUT2D eigenvalue weighted by molar-refractivity contribution is 7.89. The molecule has 0 saturated carbocycles. The van der Waals surface area contributed by atoms with Gasteiger partial charge in [0.15, 0.2) is 5.03 Å². The van der Waals surface area contributed by atoms with Crippen LogP contribution in [0.5, 0.6) is 0 Å². The summed E-state index contributed by atoms with van der Waals surface area (Å²) in [5.41, 5.74) is 1.23. The van der Waals surface area contributed by atoms with Gasteiger partial charge in [0, 0.05) is 24.8 Å². The molecule has 0 fully saturated rings. The maximum atomic E-state index is 12.4. The molecule has 0 unspecified atom stereocenters. The van der Waals surface area contributed by atoms with Gasteiger partial charge < -0.3 is 4.90 Å². The molecule has 1 N–H and O–H groups in total. The van der Waals surface area contributed by atoms with Gasteiger partial charge in [-0.25, -0.2) is 8.42 Å². The molecule has 1 heterocycles. The number of rotatable bonds is 7. The monoisotopic (exact) mass is 308 g/mol. The van der Waals surface area contributed by atoms with Gasteiger partial charge in [-0.15, -0.1) is 11.6 Å². The highest BCUT2D eigenvalue weighted by Crippen LogP contribution is 2.21. The summed E-state index contributed by atoms with van der Waals surface area (Å²) in [6, 6.07) is 0. The normalized spacial score (nSPS) is 12.6. The van der Waals surface area contributed by atoms with Crippen LogP contribution in [0.25, 0.3) is 0 Å². The molecule has 110 valence electrons. The number of aryl methyl sites for hydroxylation is 1. The van der Waals surface area contributed by atoms with Crippen molar-refractivity contribution in [1.29, 1.82) is 0 Å². The number of nitrogens with one attached hydrogen (secondary N) is 1. The molecule has 1 aromatic heterocycles. The molecule has 0 saturated heterocycles. The third kappa shape index (κ3) is 3.92. The summed E-state index contributed by atoms with van der Waals surface area (Å²) in [5, 5.41) is 6.58. The minimum atomic E-state index is -3.57. The number of hydrogen-bond donors (Lipinski definition) is 1. The average Bonchev–Trinajstić information content (AvgIpc) is 2.70. The van der Waals surface area contributed by atoms with Crippen LogP contribution < -0.4 is 0 Å². The van der Waals surface area contributed by atoms with Crippen LogP contribution in [-0.2, 0) is 15.9 Å². The van der Waals surface area contributed by atoms with E-state index in [9.17, 15) is 8.42 Å². The third-order valence-corrected chi connectivity index (χ3v) is 5.00. The number of alkyl halides is 1. The number of halogens is 1. The van der Waals surface area contributed by atoms with E-state index in [-0.39, 0.29) is 10.9 Å². The highest BCUT2D eigenvalue weighted by Gasteiger charge is 2.27. The molecule has 0 aliphatic heterocycles. The van der Waals surface area contributed by atoms with Gasteiger partial charge in [0.05, 0.1) is 5.88 Å².